The second kappa shape index (κ2) is 10.3. The van der Waals surface area contributed by atoms with Crippen LogP contribution in [0.15, 0.2) is 83.9 Å². The van der Waals surface area contributed by atoms with E-state index in [0.29, 0.717) is 22.8 Å². The lowest BCUT2D eigenvalue weighted by Gasteiger charge is -2.27. The number of amidine groups is 1. The Hall–Kier alpha value is -4.66. The van der Waals surface area contributed by atoms with Gasteiger partial charge in [-0.05, 0) is 43.3 Å². The molecule has 0 radical (unpaired) electrons. The summed E-state index contributed by atoms with van der Waals surface area (Å²) < 4.78 is 5.54. The van der Waals surface area contributed by atoms with Crippen LogP contribution in [0.1, 0.15) is 5.56 Å². The number of amides is 3. The minimum Gasteiger partial charge on any atom is -0.484 e. The summed E-state index contributed by atoms with van der Waals surface area (Å²) in [6, 6.07) is 23.0. The van der Waals surface area contributed by atoms with Crippen LogP contribution in [0.25, 0.3) is 0 Å². The molecule has 3 aromatic carbocycles. The number of hydrazine groups is 1. The Morgan fingerprint density at radius 1 is 0.971 bits per heavy atom. The van der Waals surface area contributed by atoms with Gasteiger partial charge in [-0.3, -0.25) is 24.8 Å². The fourth-order valence-electron chi connectivity index (χ4n) is 3.17. The minimum atomic E-state index is -0.511. The highest BCUT2D eigenvalue weighted by atomic mass is 16.5. The third kappa shape index (κ3) is 5.77. The molecule has 172 valence electrons. The largest absolute Gasteiger partial charge is 0.484 e. The summed E-state index contributed by atoms with van der Waals surface area (Å²) in [4.78, 5) is 41.1. The fourth-order valence-corrected chi connectivity index (χ4v) is 3.17. The highest BCUT2D eigenvalue weighted by Gasteiger charge is 2.25. The van der Waals surface area contributed by atoms with Crippen molar-refractivity contribution in [2.75, 3.05) is 28.8 Å². The molecule has 3 aromatic rings. The Balaban J connectivity index is 1.35. The molecule has 0 unspecified atom stereocenters. The van der Waals surface area contributed by atoms with Crippen LogP contribution >= 0.6 is 0 Å². The van der Waals surface area contributed by atoms with E-state index in [2.05, 4.69) is 21.1 Å². The first kappa shape index (κ1) is 22.5. The molecular weight excluding hydrogens is 434 g/mol. The van der Waals surface area contributed by atoms with Crippen LogP contribution in [0, 0.1) is 6.92 Å². The number of anilines is 3. The Bertz CT molecular complexity index is 1230. The summed E-state index contributed by atoms with van der Waals surface area (Å²) in [6.07, 6.45) is 0. The molecule has 1 heterocycles. The molecule has 3 N–H and O–H groups in total. The molecule has 0 saturated heterocycles. The van der Waals surface area contributed by atoms with Gasteiger partial charge in [-0.25, -0.2) is 5.01 Å². The van der Waals surface area contributed by atoms with Gasteiger partial charge in [0, 0.05) is 17.4 Å². The van der Waals surface area contributed by atoms with Crippen molar-refractivity contribution in [2.24, 2.45) is 4.99 Å². The van der Waals surface area contributed by atoms with Crippen molar-refractivity contribution in [2.45, 2.75) is 6.92 Å². The standard InChI is InChI=1S/C25H23N5O4/c1-17-10-12-20(13-11-17)30-23(32)15-26-24(29-30)25(33)28-19-8-5-9-21(14-19)34-16-22(31)27-18-6-3-2-4-7-18/h2-14H,15-16H2,1H3,(H,26,29)(H,27,31)(H,28,33). The van der Waals surface area contributed by atoms with E-state index in [-0.39, 0.29) is 30.8 Å². The number of rotatable bonds is 7. The van der Waals surface area contributed by atoms with Crippen LogP contribution in [0.4, 0.5) is 17.1 Å². The number of carbonyl (C=O) groups excluding carboxylic acids is 3. The van der Waals surface area contributed by atoms with Crippen molar-refractivity contribution >= 4 is 40.6 Å². The van der Waals surface area contributed by atoms with Gasteiger partial charge in [0.2, 0.25) is 5.84 Å². The number of aliphatic imine (C=N–C) groups is 1. The highest BCUT2D eigenvalue weighted by Crippen LogP contribution is 2.19. The second-order valence-corrected chi connectivity index (χ2v) is 7.53. The third-order valence-electron chi connectivity index (χ3n) is 4.87. The van der Waals surface area contributed by atoms with E-state index in [1.165, 1.54) is 5.01 Å². The summed E-state index contributed by atoms with van der Waals surface area (Å²) in [7, 11) is 0. The molecule has 1 aliphatic heterocycles. The molecule has 0 atom stereocenters. The number of benzene rings is 3. The lowest BCUT2D eigenvalue weighted by Crippen LogP contribution is -2.54. The van der Waals surface area contributed by atoms with Crippen molar-refractivity contribution in [1.29, 1.82) is 0 Å². The molecule has 3 amide bonds. The molecule has 9 nitrogen and oxygen atoms in total. The van der Waals surface area contributed by atoms with Gasteiger partial charge in [0.1, 0.15) is 12.3 Å². The number of para-hydroxylation sites is 1. The number of nitrogens with one attached hydrogen (secondary N) is 3. The van der Waals surface area contributed by atoms with Gasteiger partial charge in [0.05, 0.1) is 5.69 Å². The zero-order valence-electron chi connectivity index (χ0n) is 18.4. The highest BCUT2D eigenvalue weighted by molar-refractivity contribution is 6.43. The van der Waals surface area contributed by atoms with E-state index >= 15 is 0 Å². The van der Waals surface area contributed by atoms with E-state index in [0.717, 1.165) is 5.56 Å². The van der Waals surface area contributed by atoms with Gasteiger partial charge in [-0.1, -0.05) is 42.0 Å². The van der Waals surface area contributed by atoms with Gasteiger partial charge < -0.3 is 15.4 Å². The van der Waals surface area contributed by atoms with Gasteiger partial charge >= 0.3 is 0 Å². The van der Waals surface area contributed by atoms with Crippen LogP contribution in [0.2, 0.25) is 0 Å². The first-order valence-electron chi connectivity index (χ1n) is 10.6. The van der Waals surface area contributed by atoms with Gasteiger partial charge in [0.15, 0.2) is 6.61 Å². The van der Waals surface area contributed by atoms with Crippen molar-refractivity contribution in [1.82, 2.24) is 5.43 Å². The summed E-state index contributed by atoms with van der Waals surface area (Å²) in [5.74, 6) is -0.667. The first-order valence-corrected chi connectivity index (χ1v) is 10.6. The maximum Gasteiger partial charge on any atom is 0.292 e. The van der Waals surface area contributed by atoms with Crippen LogP contribution in [-0.2, 0) is 14.4 Å². The Morgan fingerprint density at radius 2 is 1.71 bits per heavy atom. The Labute approximate surface area is 196 Å². The average Bonchev–Trinajstić information content (AvgIpc) is 2.84. The predicted molar refractivity (Wildman–Crippen MR) is 130 cm³/mol. The summed E-state index contributed by atoms with van der Waals surface area (Å²) >= 11 is 0. The first-order chi connectivity index (χ1) is 16.5. The molecule has 0 aliphatic carbocycles. The molecule has 34 heavy (non-hydrogen) atoms. The zero-order chi connectivity index (χ0) is 23.9. The molecule has 4 rings (SSSR count). The maximum absolute atomic E-state index is 12.7. The smallest absolute Gasteiger partial charge is 0.292 e. The lowest BCUT2D eigenvalue weighted by atomic mass is 10.2. The van der Waals surface area contributed by atoms with E-state index in [1.807, 2.05) is 37.3 Å². The topological polar surface area (TPSA) is 112 Å². The molecular formula is C25H23N5O4. The van der Waals surface area contributed by atoms with Crippen molar-refractivity contribution in [3.63, 3.8) is 0 Å². The Morgan fingerprint density at radius 3 is 2.47 bits per heavy atom. The number of nitrogens with zero attached hydrogens (tertiary/aromatic N) is 2. The van der Waals surface area contributed by atoms with Crippen LogP contribution in [0.3, 0.4) is 0 Å². The van der Waals surface area contributed by atoms with E-state index < -0.39 is 5.91 Å². The van der Waals surface area contributed by atoms with Crippen LogP contribution in [-0.4, -0.2) is 36.7 Å². The average molecular weight is 457 g/mol. The van der Waals surface area contributed by atoms with E-state index in [4.69, 9.17) is 4.74 Å². The van der Waals surface area contributed by atoms with Crippen molar-refractivity contribution in [3.05, 3.63) is 84.4 Å². The van der Waals surface area contributed by atoms with Crippen LogP contribution < -0.4 is 25.8 Å². The third-order valence-corrected chi connectivity index (χ3v) is 4.87. The monoisotopic (exact) mass is 457 g/mol. The SMILES string of the molecule is Cc1ccc(N2NC(C(=O)Nc3cccc(OCC(=O)Nc4ccccc4)c3)=NCC2=O)cc1. The quantitative estimate of drug-likeness (QED) is 0.505. The maximum atomic E-state index is 12.7. The second-order valence-electron chi connectivity index (χ2n) is 7.53. The number of aryl methyl sites for hydroxylation is 1. The molecule has 0 fully saturated rings. The summed E-state index contributed by atoms with van der Waals surface area (Å²) in [5.41, 5.74) is 5.57. The number of hydrogen-bond acceptors (Lipinski definition) is 6. The molecule has 1 aliphatic rings. The van der Waals surface area contributed by atoms with Crippen molar-refractivity contribution in [3.8, 4) is 5.75 Å². The predicted octanol–water partition coefficient (Wildman–Crippen LogP) is 2.90. The Kier molecular flexibility index (Phi) is 6.83. The minimum absolute atomic E-state index is 0.00809. The van der Waals surface area contributed by atoms with Gasteiger partial charge in [-0.15, -0.1) is 0 Å². The molecule has 0 aromatic heterocycles. The molecule has 0 spiro atoms. The van der Waals surface area contributed by atoms with Gasteiger partial charge in [0.25, 0.3) is 17.7 Å². The number of hydrogen-bond donors (Lipinski definition) is 3. The van der Waals surface area contributed by atoms with E-state index in [1.54, 1.807) is 48.5 Å². The summed E-state index contributed by atoms with van der Waals surface area (Å²) in [5, 5.41) is 6.76. The normalized spacial score (nSPS) is 12.9. The number of ether oxygens (including phenoxy) is 1. The van der Waals surface area contributed by atoms with Crippen molar-refractivity contribution < 1.29 is 19.1 Å². The molecule has 0 saturated carbocycles. The number of carbonyl (C=O) groups is 3. The van der Waals surface area contributed by atoms with Gasteiger partial charge in [-0.2, -0.15) is 0 Å². The summed E-state index contributed by atoms with van der Waals surface area (Å²) in [6.45, 7) is 1.61. The lowest BCUT2D eigenvalue weighted by molar-refractivity contribution is -0.119. The molecule has 9 heteroatoms. The molecule has 0 bridgehead atoms. The fraction of sp³-hybridized carbons (Fsp3) is 0.120. The van der Waals surface area contributed by atoms with E-state index in [9.17, 15) is 14.4 Å². The zero-order valence-corrected chi connectivity index (χ0v) is 18.4. The van der Waals surface area contributed by atoms with Crippen LogP contribution in [0.5, 0.6) is 5.75 Å².